The van der Waals surface area contributed by atoms with Crippen LogP contribution in [0.5, 0.6) is 5.75 Å². The Morgan fingerprint density at radius 3 is 2.81 bits per heavy atom. The maximum absolute atomic E-state index is 6.11. The minimum atomic E-state index is 0. The highest BCUT2D eigenvalue weighted by atomic mass is 127. The van der Waals surface area contributed by atoms with Crippen molar-refractivity contribution in [1.29, 1.82) is 0 Å². The van der Waals surface area contributed by atoms with Crippen molar-refractivity contribution in [3.05, 3.63) is 64.7 Å². The molecule has 0 aromatic heterocycles. The van der Waals surface area contributed by atoms with Crippen LogP contribution in [0.1, 0.15) is 35.9 Å². The summed E-state index contributed by atoms with van der Waals surface area (Å²) in [7, 11) is 1.82. The van der Waals surface area contributed by atoms with Gasteiger partial charge in [-0.25, -0.2) is 0 Å². The molecule has 4 nitrogen and oxygen atoms in total. The molecule has 0 spiro atoms. The first kappa shape index (κ1) is 19.3. The molecular formula is C20H23ClIN3O. The number of fused-ring (bicyclic) bond motifs is 1. The van der Waals surface area contributed by atoms with Gasteiger partial charge in [-0.05, 0) is 30.2 Å². The highest BCUT2D eigenvalue weighted by Crippen LogP contribution is 2.41. The minimum Gasteiger partial charge on any atom is -0.493 e. The van der Waals surface area contributed by atoms with Gasteiger partial charge in [-0.3, -0.25) is 4.99 Å². The molecular weight excluding hydrogens is 461 g/mol. The lowest BCUT2D eigenvalue weighted by atomic mass is 10.0. The van der Waals surface area contributed by atoms with Crippen LogP contribution in [0.3, 0.4) is 0 Å². The fourth-order valence-corrected chi connectivity index (χ4v) is 3.66. The van der Waals surface area contributed by atoms with Gasteiger partial charge in [0.05, 0.1) is 12.6 Å². The number of halogens is 2. The third-order valence-corrected chi connectivity index (χ3v) is 5.12. The summed E-state index contributed by atoms with van der Waals surface area (Å²) in [6, 6.07) is 16.9. The number of guanidine groups is 1. The van der Waals surface area contributed by atoms with E-state index in [1.807, 2.05) is 31.3 Å². The number of benzene rings is 2. The van der Waals surface area contributed by atoms with E-state index in [-0.39, 0.29) is 30.0 Å². The van der Waals surface area contributed by atoms with Crippen LogP contribution in [0.4, 0.5) is 0 Å². The first-order chi connectivity index (χ1) is 12.2. The van der Waals surface area contributed by atoms with Crippen molar-refractivity contribution in [2.45, 2.75) is 30.8 Å². The Balaban J connectivity index is 0.00000196. The van der Waals surface area contributed by atoms with Crippen molar-refractivity contribution in [2.24, 2.45) is 4.99 Å². The van der Waals surface area contributed by atoms with E-state index in [9.17, 15) is 0 Å². The van der Waals surface area contributed by atoms with Crippen molar-refractivity contribution in [3.8, 4) is 5.75 Å². The van der Waals surface area contributed by atoms with E-state index in [0.29, 0.717) is 12.0 Å². The van der Waals surface area contributed by atoms with Crippen LogP contribution < -0.4 is 15.4 Å². The number of hydrogen-bond donors (Lipinski definition) is 2. The average Bonchev–Trinajstić information content (AvgIpc) is 3.41. The van der Waals surface area contributed by atoms with Crippen LogP contribution in [0.25, 0.3) is 0 Å². The summed E-state index contributed by atoms with van der Waals surface area (Å²) in [6.45, 7) is 0.722. The Hall–Kier alpha value is -1.47. The molecule has 1 fully saturated rings. The van der Waals surface area contributed by atoms with Gasteiger partial charge in [0.1, 0.15) is 5.75 Å². The summed E-state index contributed by atoms with van der Waals surface area (Å²) in [5, 5.41) is 7.89. The molecule has 6 heteroatoms. The Morgan fingerprint density at radius 2 is 2.00 bits per heavy atom. The van der Waals surface area contributed by atoms with Crippen LogP contribution in [0.15, 0.2) is 53.5 Å². The van der Waals surface area contributed by atoms with Crippen molar-refractivity contribution in [2.75, 3.05) is 13.7 Å². The van der Waals surface area contributed by atoms with Gasteiger partial charge in [-0.2, -0.15) is 0 Å². The summed E-state index contributed by atoms with van der Waals surface area (Å²) >= 11 is 6.11. The largest absolute Gasteiger partial charge is 0.493 e. The van der Waals surface area contributed by atoms with E-state index < -0.39 is 0 Å². The molecule has 2 aromatic rings. The molecule has 0 amide bonds. The van der Waals surface area contributed by atoms with Gasteiger partial charge in [-0.15, -0.1) is 24.0 Å². The van der Waals surface area contributed by atoms with Crippen molar-refractivity contribution in [1.82, 2.24) is 10.6 Å². The van der Waals surface area contributed by atoms with Crippen LogP contribution >= 0.6 is 35.6 Å². The molecule has 1 saturated carbocycles. The quantitative estimate of drug-likeness (QED) is 0.384. The molecule has 138 valence electrons. The lowest BCUT2D eigenvalue weighted by Gasteiger charge is -2.28. The van der Waals surface area contributed by atoms with E-state index in [2.05, 4.69) is 39.9 Å². The summed E-state index contributed by atoms with van der Waals surface area (Å²) in [4.78, 5) is 4.41. The maximum Gasteiger partial charge on any atom is 0.191 e. The number of ether oxygens (including phenoxy) is 1. The Labute approximate surface area is 176 Å². The van der Waals surface area contributed by atoms with E-state index >= 15 is 0 Å². The standard InChI is InChI=1S/C20H22ClN3O.HI/c1-22-20(23-17-9-10-25-19-8-3-2-7-15(17)19)24-18-12-16(18)13-5-4-6-14(21)11-13;/h2-8,11,16-18H,9-10,12H2,1H3,(H2,22,23,24);1H. The molecule has 1 heterocycles. The van der Waals surface area contributed by atoms with E-state index in [0.717, 1.165) is 36.2 Å². The fourth-order valence-electron chi connectivity index (χ4n) is 3.46. The molecule has 2 aliphatic rings. The third kappa shape index (κ3) is 4.26. The van der Waals surface area contributed by atoms with Gasteiger partial charge in [0, 0.05) is 36.0 Å². The summed E-state index contributed by atoms with van der Waals surface area (Å²) in [6.07, 6.45) is 2.03. The van der Waals surface area contributed by atoms with Gasteiger partial charge >= 0.3 is 0 Å². The summed E-state index contributed by atoms with van der Waals surface area (Å²) in [5.41, 5.74) is 2.48. The minimum absolute atomic E-state index is 0. The predicted octanol–water partition coefficient (Wildman–Crippen LogP) is 4.50. The number of hydrogen-bond acceptors (Lipinski definition) is 2. The van der Waals surface area contributed by atoms with Crippen molar-refractivity contribution >= 4 is 41.5 Å². The first-order valence-corrected chi connectivity index (χ1v) is 9.09. The molecule has 2 N–H and O–H groups in total. The average molecular weight is 484 g/mol. The normalized spacial score (nSPS) is 23.9. The Bertz CT molecular complexity index is 798. The molecule has 4 rings (SSSR count). The van der Waals surface area contributed by atoms with E-state index in [4.69, 9.17) is 16.3 Å². The number of nitrogens with zero attached hydrogens (tertiary/aromatic N) is 1. The highest BCUT2D eigenvalue weighted by Gasteiger charge is 2.39. The topological polar surface area (TPSA) is 45.7 Å². The van der Waals surface area contributed by atoms with Crippen molar-refractivity contribution in [3.63, 3.8) is 0 Å². The SMILES string of the molecule is CN=C(NC1CCOc2ccccc21)NC1CC1c1cccc(Cl)c1.I. The smallest absolute Gasteiger partial charge is 0.191 e. The zero-order valence-corrected chi connectivity index (χ0v) is 17.7. The van der Waals surface area contributed by atoms with Crippen LogP contribution in [-0.4, -0.2) is 25.7 Å². The summed E-state index contributed by atoms with van der Waals surface area (Å²) in [5.74, 6) is 2.31. The molecule has 0 saturated heterocycles. The second-order valence-corrected chi connectivity index (χ2v) is 7.03. The van der Waals surface area contributed by atoms with Gasteiger partial charge in [-0.1, -0.05) is 41.9 Å². The van der Waals surface area contributed by atoms with Gasteiger partial charge in [0.15, 0.2) is 5.96 Å². The fraction of sp³-hybridized carbons (Fsp3) is 0.350. The second-order valence-electron chi connectivity index (χ2n) is 6.59. The lowest BCUT2D eigenvalue weighted by Crippen LogP contribution is -2.42. The number of para-hydroxylation sites is 1. The number of rotatable bonds is 3. The number of nitrogens with one attached hydrogen (secondary N) is 2. The van der Waals surface area contributed by atoms with Crippen molar-refractivity contribution < 1.29 is 4.74 Å². The molecule has 3 unspecified atom stereocenters. The zero-order chi connectivity index (χ0) is 17.2. The Morgan fingerprint density at radius 1 is 1.15 bits per heavy atom. The Kier molecular flexibility index (Phi) is 6.29. The maximum atomic E-state index is 6.11. The van der Waals surface area contributed by atoms with E-state index in [1.54, 1.807) is 0 Å². The number of aliphatic imine (C=N–C) groups is 1. The van der Waals surface area contributed by atoms with Gasteiger partial charge in [0.25, 0.3) is 0 Å². The monoisotopic (exact) mass is 483 g/mol. The predicted molar refractivity (Wildman–Crippen MR) is 117 cm³/mol. The van der Waals surface area contributed by atoms with Crippen LogP contribution in [-0.2, 0) is 0 Å². The molecule has 2 aromatic carbocycles. The van der Waals surface area contributed by atoms with E-state index in [1.165, 1.54) is 11.1 Å². The molecule has 1 aliphatic carbocycles. The van der Waals surface area contributed by atoms with Gasteiger partial charge < -0.3 is 15.4 Å². The molecule has 26 heavy (non-hydrogen) atoms. The summed E-state index contributed by atoms with van der Waals surface area (Å²) < 4.78 is 5.74. The molecule has 0 bridgehead atoms. The molecule has 3 atom stereocenters. The second kappa shape index (κ2) is 8.48. The van der Waals surface area contributed by atoms with Gasteiger partial charge in [0.2, 0.25) is 0 Å². The lowest BCUT2D eigenvalue weighted by molar-refractivity contribution is 0.261. The first-order valence-electron chi connectivity index (χ1n) is 8.71. The zero-order valence-electron chi connectivity index (χ0n) is 14.6. The highest BCUT2D eigenvalue weighted by molar-refractivity contribution is 14.0. The molecule has 0 radical (unpaired) electrons. The molecule has 1 aliphatic heterocycles. The van der Waals surface area contributed by atoms with Crippen LogP contribution in [0, 0.1) is 0 Å². The van der Waals surface area contributed by atoms with Crippen LogP contribution in [0.2, 0.25) is 5.02 Å². The third-order valence-electron chi connectivity index (χ3n) is 4.88.